The van der Waals surface area contributed by atoms with E-state index in [9.17, 15) is 14.4 Å². The Bertz CT molecular complexity index is 740. The molecule has 296 valence electrons. The van der Waals surface area contributed by atoms with E-state index < -0.39 is 6.04 Å². The Kier molecular flexibility index (Phi) is 43.5. The van der Waals surface area contributed by atoms with E-state index in [0.717, 1.165) is 19.3 Å². The number of unbranched alkanes of at least 4 members (excludes halogenated alkanes) is 29. The fourth-order valence-corrected chi connectivity index (χ4v) is 6.18. The smallest absolute Gasteiger partial charge is 0.330 e. The van der Waals surface area contributed by atoms with Gasteiger partial charge in [-0.3, -0.25) is 4.79 Å². The number of hydrogen-bond acceptors (Lipinski definition) is 5. The van der Waals surface area contributed by atoms with Crippen molar-refractivity contribution < 1.29 is 23.9 Å². The minimum absolute atomic E-state index is 0.0507. The molecule has 6 heteroatoms. The van der Waals surface area contributed by atoms with Gasteiger partial charge in [0, 0.05) is 12.5 Å². The first-order valence-electron chi connectivity index (χ1n) is 21.7. The summed E-state index contributed by atoms with van der Waals surface area (Å²) in [5.74, 6) is -0.710. The molecule has 0 aliphatic carbocycles. The Morgan fingerprint density at radius 1 is 0.500 bits per heavy atom. The highest BCUT2D eigenvalue weighted by atomic mass is 16.5. The van der Waals surface area contributed by atoms with Crippen LogP contribution in [0.2, 0.25) is 0 Å². The summed E-state index contributed by atoms with van der Waals surface area (Å²) in [5.41, 5.74) is 0. The molecule has 0 saturated carbocycles. The molecule has 50 heavy (non-hydrogen) atoms. The van der Waals surface area contributed by atoms with Gasteiger partial charge in [-0.1, -0.05) is 207 Å². The third kappa shape index (κ3) is 42.3. The molecule has 1 N–H and O–H groups in total. The van der Waals surface area contributed by atoms with Crippen LogP contribution in [-0.4, -0.2) is 37.1 Å². The molecular weight excluding hydrogens is 622 g/mol. The second kappa shape index (κ2) is 43.3. The number of nitrogens with one attached hydrogen (secondary N) is 1. The molecule has 1 atom stereocenters. The van der Waals surface area contributed by atoms with E-state index in [1.54, 1.807) is 13.8 Å². The summed E-state index contributed by atoms with van der Waals surface area (Å²) in [6.07, 6.45) is 43.2. The summed E-state index contributed by atoms with van der Waals surface area (Å²) in [6, 6.07) is -0.547. The van der Waals surface area contributed by atoms with Crippen molar-refractivity contribution in [3.05, 3.63) is 12.7 Å². The molecular formula is C44H85NO5. The zero-order valence-corrected chi connectivity index (χ0v) is 33.9. The van der Waals surface area contributed by atoms with Crippen molar-refractivity contribution >= 4 is 17.8 Å². The Labute approximate surface area is 311 Å². The number of carbonyl (C=O) groups is 3. The Hall–Kier alpha value is -1.85. The van der Waals surface area contributed by atoms with Crippen LogP contribution in [-0.2, 0) is 23.9 Å². The van der Waals surface area contributed by atoms with Crippen molar-refractivity contribution in [1.82, 2.24) is 5.32 Å². The molecule has 6 nitrogen and oxygen atoms in total. The zero-order chi connectivity index (χ0) is 37.2. The van der Waals surface area contributed by atoms with E-state index in [1.807, 2.05) is 0 Å². The molecule has 0 saturated heterocycles. The maximum absolute atomic E-state index is 11.8. The predicted octanol–water partition coefficient (Wildman–Crippen LogP) is 13.3. The van der Waals surface area contributed by atoms with Crippen LogP contribution in [0.5, 0.6) is 0 Å². The molecule has 0 aliphatic rings. The lowest BCUT2D eigenvalue weighted by Gasteiger charge is -2.12. The van der Waals surface area contributed by atoms with Crippen LogP contribution in [0.1, 0.15) is 233 Å². The summed E-state index contributed by atoms with van der Waals surface area (Å²) in [7, 11) is 0. The van der Waals surface area contributed by atoms with Crippen LogP contribution in [0.25, 0.3) is 0 Å². The van der Waals surface area contributed by atoms with Crippen molar-refractivity contribution in [3.8, 4) is 0 Å². The SMILES string of the molecule is C=CC(=O)OCCCCCCCCCCCCCCCCCC.CCCCCCCCCCCCCCCCCC(=O)NC(C)C(=O)OCC. The van der Waals surface area contributed by atoms with Gasteiger partial charge in [0.1, 0.15) is 6.04 Å². The van der Waals surface area contributed by atoms with Gasteiger partial charge in [0.2, 0.25) is 5.91 Å². The zero-order valence-electron chi connectivity index (χ0n) is 33.9. The number of rotatable bonds is 37. The van der Waals surface area contributed by atoms with Crippen molar-refractivity contribution in [1.29, 1.82) is 0 Å². The topological polar surface area (TPSA) is 81.7 Å². The van der Waals surface area contributed by atoms with E-state index >= 15 is 0 Å². The van der Waals surface area contributed by atoms with Crippen LogP contribution in [0, 0.1) is 0 Å². The molecule has 0 aromatic heterocycles. The fraction of sp³-hybridized carbons (Fsp3) is 0.886. The van der Waals surface area contributed by atoms with Gasteiger partial charge in [-0.15, -0.1) is 0 Å². The van der Waals surface area contributed by atoms with Crippen molar-refractivity contribution in [2.75, 3.05) is 13.2 Å². The van der Waals surface area contributed by atoms with Crippen LogP contribution in [0.3, 0.4) is 0 Å². The van der Waals surface area contributed by atoms with Gasteiger partial charge in [0.05, 0.1) is 13.2 Å². The average molecular weight is 708 g/mol. The molecule has 0 radical (unpaired) electrons. The molecule has 0 aromatic rings. The molecule has 0 spiro atoms. The molecule has 0 aliphatic heterocycles. The molecule has 1 unspecified atom stereocenters. The lowest BCUT2D eigenvalue weighted by molar-refractivity contribution is -0.146. The molecule has 0 fully saturated rings. The van der Waals surface area contributed by atoms with E-state index in [4.69, 9.17) is 9.47 Å². The van der Waals surface area contributed by atoms with Gasteiger partial charge in [-0.25, -0.2) is 9.59 Å². The van der Waals surface area contributed by atoms with E-state index in [-0.39, 0.29) is 17.8 Å². The van der Waals surface area contributed by atoms with Gasteiger partial charge in [-0.05, 0) is 26.7 Å². The monoisotopic (exact) mass is 708 g/mol. The van der Waals surface area contributed by atoms with Gasteiger partial charge in [-0.2, -0.15) is 0 Å². The van der Waals surface area contributed by atoms with Crippen LogP contribution in [0.4, 0.5) is 0 Å². The lowest BCUT2D eigenvalue weighted by atomic mass is 10.0. The van der Waals surface area contributed by atoms with E-state index in [2.05, 4.69) is 25.7 Å². The largest absolute Gasteiger partial charge is 0.464 e. The summed E-state index contributed by atoms with van der Waals surface area (Å²) in [6.45, 7) is 12.3. The molecule has 1 amide bonds. The standard InChI is InChI=1S/C23H45NO3.C21H40O2/c1-4-6-7-8-9-10-11-12-13-14-15-16-17-18-19-20-22(25)24-21(3)23(26)27-5-2;1-3-5-6-7-8-9-10-11-12-13-14-15-16-17-18-19-20-23-21(22)4-2/h21H,4-20H2,1-3H3,(H,24,25);4H,2-3,5-20H2,1H3. The minimum Gasteiger partial charge on any atom is -0.464 e. The third-order valence-electron chi connectivity index (χ3n) is 9.43. The van der Waals surface area contributed by atoms with Crippen LogP contribution >= 0.6 is 0 Å². The highest BCUT2D eigenvalue weighted by Crippen LogP contribution is 2.15. The summed E-state index contributed by atoms with van der Waals surface area (Å²) in [4.78, 5) is 34.1. The van der Waals surface area contributed by atoms with Gasteiger partial charge >= 0.3 is 11.9 Å². The fourth-order valence-electron chi connectivity index (χ4n) is 6.18. The van der Waals surface area contributed by atoms with Gasteiger partial charge in [0.15, 0.2) is 0 Å². The Morgan fingerprint density at radius 3 is 1.14 bits per heavy atom. The quantitative estimate of drug-likeness (QED) is 0.0395. The maximum atomic E-state index is 11.8. The molecule has 0 bridgehead atoms. The van der Waals surface area contributed by atoms with Gasteiger partial charge < -0.3 is 14.8 Å². The number of carbonyl (C=O) groups excluding carboxylic acids is 3. The third-order valence-corrected chi connectivity index (χ3v) is 9.43. The normalized spacial score (nSPS) is 11.4. The molecule has 0 heterocycles. The maximum Gasteiger partial charge on any atom is 0.330 e. The average Bonchev–Trinajstić information content (AvgIpc) is 3.11. The summed E-state index contributed by atoms with van der Waals surface area (Å²) < 4.78 is 9.84. The van der Waals surface area contributed by atoms with Gasteiger partial charge in [0.25, 0.3) is 0 Å². The highest BCUT2D eigenvalue weighted by molar-refractivity contribution is 5.84. The van der Waals surface area contributed by atoms with Crippen molar-refractivity contribution in [2.24, 2.45) is 0 Å². The Balaban J connectivity index is 0. The lowest BCUT2D eigenvalue weighted by Crippen LogP contribution is -2.39. The number of esters is 2. The number of hydrogen-bond donors (Lipinski definition) is 1. The van der Waals surface area contributed by atoms with Crippen molar-refractivity contribution in [3.63, 3.8) is 0 Å². The highest BCUT2D eigenvalue weighted by Gasteiger charge is 2.15. The number of ether oxygens (including phenoxy) is 2. The summed E-state index contributed by atoms with van der Waals surface area (Å²) in [5, 5.41) is 2.70. The molecule has 0 aromatic carbocycles. The molecule has 0 rings (SSSR count). The first kappa shape index (κ1) is 50.3. The second-order valence-corrected chi connectivity index (χ2v) is 14.4. The first-order chi connectivity index (χ1) is 24.4. The van der Waals surface area contributed by atoms with Crippen LogP contribution < -0.4 is 5.32 Å². The first-order valence-corrected chi connectivity index (χ1v) is 21.7. The minimum atomic E-state index is -0.547. The van der Waals surface area contributed by atoms with Crippen molar-refractivity contribution in [2.45, 2.75) is 239 Å². The van der Waals surface area contributed by atoms with E-state index in [1.165, 1.54) is 186 Å². The number of amides is 1. The van der Waals surface area contributed by atoms with E-state index in [0.29, 0.717) is 19.6 Å². The van der Waals surface area contributed by atoms with Crippen LogP contribution in [0.15, 0.2) is 12.7 Å². The second-order valence-electron chi connectivity index (χ2n) is 14.4. The summed E-state index contributed by atoms with van der Waals surface area (Å²) >= 11 is 0. The predicted molar refractivity (Wildman–Crippen MR) is 214 cm³/mol. The Morgan fingerprint density at radius 2 is 0.820 bits per heavy atom.